The van der Waals surface area contributed by atoms with Crippen molar-refractivity contribution in [3.8, 4) is 0 Å². The molecule has 3 saturated heterocycles. The highest BCUT2D eigenvalue weighted by Crippen LogP contribution is 2.43. The van der Waals surface area contributed by atoms with E-state index in [2.05, 4.69) is 9.80 Å². The number of amides is 1. The van der Waals surface area contributed by atoms with Crippen LogP contribution in [0, 0.1) is 23.0 Å². The SMILES string of the molecule is NC1CC(N2CCC3(CCN(C(=O)C4CC4)CC3)C2)COC1c1cc(F)ccc1F. The summed E-state index contributed by atoms with van der Waals surface area (Å²) in [5.74, 6) is -0.280. The second kappa shape index (κ2) is 7.84. The maximum Gasteiger partial charge on any atom is 0.225 e. The van der Waals surface area contributed by atoms with E-state index < -0.39 is 17.7 Å². The van der Waals surface area contributed by atoms with Gasteiger partial charge < -0.3 is 15.4 Å². The van der Waals surface area contributed by atoms with Gasteiger partial charge >= 0.3 is 0 Å². The summed E-state index contributed by atoms with van der Waals surface area (Å²) in [6, 6.07) is 3.29. The molecule has 0 aromatic heterocycles. The van der Waals surface area contributed by atoms with Crippen LogP contribution in [0.2, 0.25) is 0 Å². The van der Waals surface area contributed by atoms with Crippen LogP contribution in [-0.2, 0) is 9.53 Å². The molecule has 4 fully saturated rings. The highest BCUT2D eigenvalue weighted by Gasteiger charge is 2.46. The van der Waals surface area contributed by atoms with Gasteiger partial charge in [0, 0.05) is 43.2 Å². The van der Waals surface area contributed by atoms with Gasteiger partial charge in [0.2, 0.25) is 5.91 Å². The van der Waals surface area contributed by atoms with Gasteiger partial charge in [0.25, 0.3) is 0 Å². The highest BCUT2D eigenvalue weighted by molar-refractivity contribution is 5.81. The molecule has 1 amide bonds. The third kappa shape index (κ3) is 3.87. The summed E-state index contributed by atoms with van der Waals surface area (Å²) in [6.07, 6.45) is 5.52. The summed E-state index contributed by atoms with van der Waals surface area (Å²) in [4.78, 5) is 16.9. The fourth-order valence-electron chi connectivity index (χ4n) is 5.63. The number of ether oxygens (including phenoxy) is 1. The van der Waals surface area contributed by atoms with Gasteiger partial charge in [-0.3, -0.25) is 9.69 Å². The Hall–Kier alpha value is -1.57. The summed E-state index contributed by atoms with van der Waals surface area (Å²) in [6.45, 7) is 4.26. The number of nitrogens with zero attached hydrogens (tertiary/aromatic N) is 2. The molecule has 5 rings (SSSR count). The lowest BCUT2D eigenvalue weighted by molar-refractivity contribution is -0.134. The normalized spacial score (nSPS) is 32.0. The Kier molecular flexibility index (Phi) is 5.32. The number of halogens is 2. The monoisotopic (exact) mass is 419 g/mol. The van der Waals surface area contributed by atoms with Gasteiger partial charge in [-0.1, -0.05) is 0 Å². The first-order chi connectivity index (χ1) is 14.4. The Bertz CT molecular complexity index is 808. The number of benzene rings is 1. The lowest BCUT2D eigenvalue weighted by Gasteiger charge is -2.42. The van der Waals surface area contributed by atoms with Crippen molar-refractivity contribution in [1.29, 1.82) is 0 Å². The molecule has 30 heavy (non-hydrogen) atoms. The number of likely N-dealkylation sites (tertiary alicyclic amines) is 2. The van der Waals surface area contributed by atoms with E-state index >= 15 is 0 Å². The Morgan fingerprint density at radius 1 is 1.13 bits per heavy atom. The maximum atomic E-state index is 14.2. The van der Waals surface area contributed by atoms with Crippen molar-refractivity contribution in [3.05, 3.63) is 35.4 Å². The first kappa shape index (κ1) is 20.3. The molecule has 1 aromatic carbocycles. The summed E-state index contributed by atoms with van der Waals surface area (Å²) in [5, 5.41) is 0. The molecule has 2 N–H and O–H groups in total. The van der Waals surface area contributed by atoms with Crippen LogP contribution in [0.25, 0.3) is 0 Å². The van der Waals surface area contributed by atoms with Crippen LogP contribution in [0.1, 0.15) is 50.2 Å². The number of hydrogen-bond donors (Lipinski definition) is 1. The molecule has 1 spiro atoms. The zero-order valence-electron chi connectivity index (χ0n) is 17.4. The van der Waals surface area contributed by atoms with Crippen LogP contribution in [0.4, 0.5) is 8.78 Å². The Morgan fingerprint density at radius 3 is 2.57 bits per heavy atom. The fraction of sp³-hybridized carbons (Fsp3) is 0.696. The molecule has 3 heterocycles. The van der Waals surface area contributed by atoms with Crippen molar-refractivity contribution in [2.45, 2.75) is 56.7 Å². The van der Waals surface area contributed by atoms with Gasteiger partial charge in [-0.05, 0) is 68.7 Å². The van der Waals surface area contributed by atoms with E-state index in [-0.39, 0.29) is 23.1 Å². The Morgan fingerprint density at radius 2 is 1.87 bits per heavy atom. The average Bonchev–Trinajstić information content (AvgIpc) is 3.52. The molecule has 5 nitrogen and oxygen atoms in total. The Labute approximate surface area is 176 Å². The van der Waals surface area contributed by atoms with Crippen molar-refractivity contribution in [2.24, 2.45) is 17.1 Å². The van der Waals surface area contributed by atoms with Gasteiger partial charge in [-0.15, -0.1) is 0 Å². The smallest absolute Gasteiger partial charge is 0.225 e. The first-order valence-electron chi connectivity index (χ1n) is 11.3. The lowest BCUT2D eigenvalue weighted by atomic mass is 9.77. The van der Waals surface area contributed by atoms with Crippen molar-refractivity contribution in [3.63, 3.8) is 0 Å². The van der Waals surface area contributed by atoms with Crippen molar-refractivity contribution < 1.29 is 18.3 Å². The molecule has 1 aliphatic carbocycles. The molecule has 1 aromatic rings. The second-order valence-corrected chi connectivity index (χ2v) is 9.79. The third-order valence-electron chi connectivity index (χ3n) is 7.71. The number of carbonyl (C=O) groups is 1. The van der Waals surface area contributed by atoms with Crippen molar-refractivity contribution >= 4 is 5.91 Å². The van der Waals surface area contributed by atoms with Crippen molar-refractivity contribution in [1.82, 2.24) is 9.80 Å². The standard InChI is InChI=1S/C23H31F2N3O2/c24-16-3-4-19(25)18(11-16)21-20(26)12-17(13-30-21)28-10-7-23(14-28)5-8-27(9-6-23)22(29)15-1-2-15/h3-4,11,15,17,20-21H,1-2,5-10,12-14,26H2. The predicted octanol–water partition coefficient (Wildman–Crippen LogP) is 2.85. The summed E-state index contributed by atoms with van der Waals surface area (Å²) in [7, 11) is 0. The number of carbonyl (C=O) groups excluding carboxylic acids is 1. The molecule has 164 valence electrons. The predicted molar refractivity (Wildman–Crippen MR) is 109 cm³/mol. The average molecular weight is 420 g/mol. The largest absolute Gasteiger partial charge is 0.370 e. The van der Waals surface area contributed by atoms with Crippen LogP contribution in [0.15, 0.2) is 18.2 Å². The summed E-state index contributed by atoms with van der Waals surface area (Å²) < 4.78 is 33.7. The topological polar surface area (TPSA) is 58.8 Å². The van der Waals surface area contributed by atoms with Gasteiger partial charge in [0.15, 0.2) is 0 Å². The van der Waals surface area contributed by atoms with Crippen LogP contribution in [0.5, 0.6) is 0 Å². The zero-order chi connectivity index (χ0) is 20.9. The third-order valence-corrected chi connectivity index (χ3v) is 7.71. The molecule has 0 bridgehead atoms. The van der Waals surface area contributed by atoms with E-state index in [1.54, 1.807) is 0 Å². The molecule has 0 radical (unpaired) electrons. The molecule has 7 heteroatoms. The fourth-order valence-corrected chi connectivity index (χ4v) is 5.63. The molecule has 3 unspecified atom stereocenters. The minimum atomic E-state index is -0.606. The van der Waals surface area contributed by atoms with Gasteiger partial charge in [-0.2, -0.15) is 0 Å². The van der Waals surface area contributed by atoms with E-state index in [0.717, 1.165) is 70.4 Å². The number of hydrogen-bond acceptors (Lipinski definition) is 4. The van der Waals surface area contributed by atoms with Crippen LogP contribution >= 0.6 is 0 Å². The molecular weight excluding hydrogens is 388 g/mol. The second-order valence-electron chi connectivity index (χ2n) is 9.79. The molecule has 1 saturated carbocycles. The van der Waals surface area contributed by atoms with Crippen molar-refractivity contribution in [2.75, 3.05) is 32.8 Å². The Balaban J connectivity index is 1.17. The van der Waals surface area contributed by atoms with E-state index in [1.807, 2.05) is 0 Å². The van der Waals surface area contributed by atoms with Crippen LogP contribution in [-0.4, -0.2) is 60.6 Å². The molecule has 3 atom stereocenters. The minimum Gasteiger partial charge on any atom is -0.370 e. The molecular formula is C23H31F2N3O2. The van der Waals surface area contributed by atoms with Gasteiger partial charge in [0.05, 0.1) is 6.61 Å². The molecule has 4 aliphatic rings. The lowest BCUT2D eigenvalue weighted by Crippen LogP contribution is -2.50. The molecule has 3 aliphatic heterocycles. The van der Waals surface area contributed by atoms with Crippen LogP contribution < -0.4 is 5.73 Å². The zero-order valence-corrected chi connectivity index (χ0v) is 17.4. The van der Waals surface area contributed by atoms with Gasteiger partial charge in [-0.25, -0.2) is 8.78 Å². The van der Waals surface area contributed by atoms with E-state index in [1.165, 1.54) is 6.07 Å². The quantitative estimate of drug-likeness (QED) is 0.819. The van der Waals surface area contributed by atoms with E-state index in [4.69, 9.17) is 10.5 Å². The number of rotatable bonds is 3. The van der Waals surface area contributed by atoms with E-state index in [9.17, 15) is 13.6 Å². The number of piperidine rings is 1. The van der Waals surface area contributed by atoms with Gasteiger partial charge in [0.1, 0.15) is 17.7 Å². The van der Waals surface area contributed by atoms with E-state index in [0.29, 0.717) is 24.9 Å². The van der Waals surface area contributed by atoms with Crippen LogP contribution in [0.3, 0.4) is 0 Å². The minimum absolute atomic E-state index is 0.207. The summed E-state index contributed by atoms with van der Waals surface area (Å²) >= 11 is 0. The highest BCUT2D eigenvalue weighted by atomic mass is 19.1. The maximum absolute atomic E-state index is 14.2. The first-order valence-corrected chi connectivity index (χ1v) is 11.3. The number of nitrogens with two attached hydrogens (primary N) is 1. The summed E-state index contributed by atoms with van der Waals surface area (Å²) in [5.41, 5.74) is 6.86.